The molecule has 21 heavy (non-hydrogen) atoms. The van der Waals surface area contributed by atoms with Crippen LogP contribution in [0, 0.1) is 6.92 Å². The number of benzene rings is 1. The predicted octanol–water partition coefficient (Wildman–Crippen LogP) is 3.36. The van der Waals surface area contributed by atoms with Gasteiger partial charge in [-0.05, 0) is 19.1 Å². The van der Waals surface area contributed by atoms with Crippen molar-refractivity contribution in [2.24, 2.45) is 7.05 Å². The number of halogens is 1. The molecule has 0 atom stereocenters. The number of nitrogens with zero attached hydrogens (tertiary/aromatic N) is 3. The van der Waals surface area contributed by atoms with Gasteiger partial charge in [0.15, 0.2) is 5.78 Å². The molecular formula is C16H14ClN3O. The summed E-state index contributed by atoms with van der Waals surface area (Å²) in [7, 11) is 1.77. The number of ketones is 1. The van der Waals surface area contributed by atoms with Crippen molar-refractivity contribution in [3.63, 3.8) is 0 Å². The molecule has 0 fully saturated rings. The Morgan fingerprint density at radius 3 is 2.81 bits per heavy atom. The summed E-state index contributed by atoms with van der Waals surface area (Å²) in [6, 6.07) is 9.31. The smallest absolute Gasteiger partial charge is 0.168 e. The Morgan fingerprint density at radius 2 is 2.10 bits per heavy atom. The minimum Gasteiger partial charge on any atom is -0.294 e. The number of Topliss-reactive ketones (excluding diaryl/α,β-unsaturated/α-hetero) is 1. The fourth-order valence-corrected chi connectivity index (χ4v) is 2.72. The maximum atomic E-state index is 12.6. The molecule has 4 nitrogen and oxygen atoms in total. The standard InChI is InChI=1S/C16H14ClN3O/c1-10-13(16(17)20(2)19-10)9-15(21)12-5-3-7-14-11(12)6-4-8-18-14/h3-8H,9H2,1-2H3. The first-order chi connectivity index (χ1) is 10.1. The fraction of sp³-hybridized carbons (Fsp3) is 0.188. The number of fused-ring (bicyclic) bond motifs is 1. The highest BCUT2D eigenvalue weighted by Gasteiger charge is 2.17. The highest BCUT2D eigenvalue weighted by Crippen LogP contribution is 2.23. The maximum Gasteiger partial charge on any atom is 0.168 e. The monoisotopic (exact) mass is 299 g/mol. The molecule has 0 N–H and O–H groups in total. The zero-order valence-electron chi connectivity index (χ0n) is 11.8. The van der Waals surface area contributed by atoms with E-state index in [9.17, 15) is 4.79 Å². The van der Waals surface area contributed by atoms with E-state index in [2.05, 4.69) is 10.1 Å². The number of carbonyl (C=O) groups excluding carboxylic acids is 1. The molecule has 106 valence electrons. The van der Waals surface area contributed by atoms with E-state index in [1.807, 2.05) is 37.3 Å². The number of hydrogen-bond donors (Lipinski definition) is 0. The molecule has 0 spiro atoms. The molecule has 0 amide bonds. The lowest BCUT2D eigenvalue weighted by molar-refractivity contribution is 0.0994. The second-order valence-corrected chi connectivity index (χ2v) is 5.31. The van der Waals surface area contributed by atoms with E-state index >= 15 is 0 Å². The van der Waals surface area contributed by atoms with Crippen LogP contribution in [0.25, 0.3) is 10.9 Å². The largest absolute Gasteiger partial charge is 0.294 e. The highest BCUT2D eigenvalue weighted by molar-refractivity contribution is 6.30. The van der Waals surface area contributed by atoms with Crippen LogP contribution >= 0.6 is 11.6 Å². The van der Waals surface area contributed by atoms with Gasteiger partial charge in [-0.15, -0.1) is 0 Å². The lowest BCUT2D eigenvalue weighted by Gasteiger charge is -2.05. The predicted molar refractivity (Wildman–Crippen MR) is 82.7 cm³/mol. The molecule has 0 unspecified atom stereocenters. The third kappa shape index (κ3) is 2.43. The van der Waals surface area contributed by atoms with Crippen molar-refractivity contribution >= 4 is 28.3 Å². The third-order valence-electron chi connectivity index (χ3n) is 3.55. The van der Waals surface area contributed by atoms with Crippen molar-refractivity contribution in [2.75, 3.05) is 0 Å². The van der Waals surface area contributed by atoms with Gasteiger partial charge in [-0.3, -0.25) is 14.5 Å². The Kier molecular flexibility index (Phi) is 3.47. The summed E-state index contributed by atoms with van der Waals surface area (Å²) in [5, 5.41) is 5.62. The van der Waals surface area contributed by atoms with Gasteiger partial charge in [0.05, 0.1) is 11.2 Å². The van der Waals surface area contributed by atoms with E-state index in [0.717, 1.165) is 22.2 Å². The van der Waals surface area contributed by atoms with Crippen LogP contribution in [0.3, 0.4) is 0 Å². The van der Waals surface area contributed by atoms with Crippen LogP contribution in [0.5, 0.6) is 0 Å². The first kappa shape index (κ1) is 13.8. The maximum absolute atomic E-state index is 12.6. The number of aryl methyl sites for hydroxylation is 2. The van der Waals surface area contributed by atoms with Gasteiger partial charge in [0.2, 0.25) is 0 Å². The van der Waals surface area contributed by atoms with Crippen LogP contribution in [-0.2, 0) is 13.5 Å². The second kappa shape index (κ2) is 5.30. The molecule has 2 heterocycles. The molecule has 0 radical (unpaired) electrons. The molecule has 0 aliphatic rings. The van der Waals surface area contributed by atoms with Crippen LogP contribution in [0.15, 0.2) is 36.5 Å². The third-order valence-corrected chi connectivity index (χ3v) is 4.03. The van der Waals surface area contributed by atoms with Crippen LogP contribution in [0.4, 0.5) is 0 Å². The molecule has 0 saturated carbocycles. The van der Waals surface area contributed by atoms with E-state index < -0.39 is 0 Å². The Morgan fingerprint density at radius 1 is 1.29 bits per heavy atom. The molecule has 0 saturated heterocycles. The number of hydrogen-bond acceptors (Lipinski definition) is 3. The summed E-state index contributed by atoms with van der Waals surface area (Å²) in [5.41, 5.74) is 3.05. The fourth-order valence-electron chi connectivity index (χ4n) is 2.48. The first-order valence-corrected chi connectivity index (χ1v) is 7.00. The van der Waals surface area contributed by atoms with Crippen LogP contribution in [0.2, 0.25) is 5.15 Å². The molecule has 3 aromatic rings. The molecule has 0 aliphatic carbocycles. The summed E-state index contributed by atoms with van der Waals surface area (Å²) in [6.45, 7) is 1.86. The lowest BCUT2D eigenvalue weighted by Crippen LogP contribution is -2.05. The summed E-state index contributed by atoms with van der Waals surface area (Å²) < 4.78 is 1.59. The number of rotatable bonds is 3. The molecule has 3 rings (SSSR count). The normalized spacial score (nSPS) is 11.0. The number of pyridine rings is 1. The Bertz CT molecular complexity index is 833. The lowest BCUT2D eigenvalue weighted by atomic mass is 10.00. The van der Waals surface area contributed by atoms with Gasteiger partial charge in [-0.1, -0.05) is 29.8 Å². The van der Waals surface area contributed by atoms with Crippen LogP contribution in [0.1, 0.15) is 21.6 Å². The van der Waals surface area contributed by atoms with E-state index in [-0.39, 0.29) is 12.2 Å². The summed E-state index contributed by atoms with van der Waals surface area (Å²) in [4.78, 5) is 16.9. The van der Waals surface area contributed by atoms with Crippen molar-refractivity contribution in [3.8, 4) is 0 Å². The van der Waals surface area contributed by atoms with Gasteiger partial charge < -0.3 is 0 Å². The Balaban J connectivity index is 2.02. The zero-order chi connectivity index (χ0) is 15.0. The van der Waals surface area contributed by atoms with Crippen molar-refractivity contribution < 1.29 is 4.79 Å². The summed E-state index contributed by atoms with van der Waals surface area (Å²) in [6.07, 6.45) is 1.96. The van der Waals surface area contributed by atoms with Crippen LogP contribution in [-0.4, -0.2) is 20.5 Å². The van der Waals surface area contributed by atoms with E-state index in [1.54, 1.807) is 17.9 Å². The number of carbonyl (C=O) groups is 1. The average Bonchev–Trinajstić information content (AvgIpc) is 2.73. The van der Waals surface area contributed by atoms with E-state index in [1.165, 1.54) is 0 Å². The van der Waals surface area contributed by atoms with Gasteiger partial charge in [0, 0.05) is 36.2 Å². The van der Waals surface area contributed by atoms with Gasteiger partial charge in [-0.25, -0.2) is 0 Å². The molecular weight excluding hydrogens is 286 g/mol. The highest BCUT2D eigenvalue weighted by atomic mass is 35.5. The van der Waals surface area contributed by atoms with Crippen molar-refractivity contribution in [3.05, 3.63) is 58.5 Å². The first-order valence-electron chi connectivity index (χ1n) is 6.63. The summed E-state index contributed by atoms with van der Waals surface area (Å²) in [5.74, 6) is 0.0200. The van der Waals surface area contributed by atoms with Crippen molar-refractivity contribution in [2.45, 2.75) is 13.3 Å². The minimum absolute atomic E-state index is 0.0200. The van der Waals surface area contributed by atoms with Gasteiger partial charge in [0.25, 0.3) is 0 Å². The minimum atomic E-state index is 0.0200. The second-order valence-electron chi connectivity index (χ2n) is 4.95. The quantitative estimate of drug-likeness (QED) is 0.697. The number of aromatic nitrogens is 3. The van der Waals surface area contributed by atoms with Crippen molar-refractivity contribution in [1.29, 1.82) is 0 Å². The summed E-state index contributed by atoms with van der Waals surface area (Å²) >= 11 is 6.20. The molecule has 2 aromatic heterocycles. The van der Waals surface area contributed by atoms with Gasteiger partial charge in [-0.2, -0.15) is 5.10 Å². The Labute approximate surface area is 127 Å². The molecule has 5 heteroatoms. The van der Waals surface area contributed by atoms with Gasteiger partial charge >= 0.3 is 0 Å². The Hall–Kier alpha value is -2.20. The van der Waals surface area contributed by atoms with E-state index in [0.29, 0.717) is 10.7 Å². The van der Waals surface area contributed by atoms with Crippen molar-refractivity contribution in [1.82, 2.24) is 14.8 Å². The average molecular weight is 300 g/mol. The molecule has 0 aliphatic heterocycles. The molecule has 0 bridgehead atoms. The SMILES string of the molecule is Cc1nn(C)c(Cl)c1CC(=O)c1cccc2ncccc12. The van der Waals surface area contributed by atoms with Crippen LogP contribution < -0.4 is 0 Å². The van der Waals surface area contributed by atoms with E-state index in [4.69, 9.17) is 11.6 Å². The van der Waals surface area contributed by atoms with Gasteiger partial charge in [0.1, 0.15) is 5.15 Å². The molecule has 1 aromatic carbocycles. The topological polar surface area (TPSA) is 47.8 Å². The zero-order valence-corrected chi connectivity index (χ0v) is 12.6.